The molecule has 0 atom stereocenters. The molecular formula is C15H27N5. The van der Waals surface area contributed by atoms with Gasteiger partial charge in [-0.05, 0) is 31.1 Å². The lowest BCUT2D eigenvalue weighted by atomic mass is 9.99. The number of anilines is 3. The molecule has 0 bridgehead atoms. The molecule has 3 N–H and O–H groups in total. The molecule has 112 valence electrons. The van der Waals surface area contributed by atoms with E-state index >= 15 is 0 Å². The largest absolute Gasteiger partial charge is 0.393 e. The normalized spacial score (nSPS) is 16.7. The molecule has 1 aromatic heterocycles. The van der Waals surface area contributed by atoms with Gasteiger partial charge < -0.3 is 16.0 Å². The first-order valence-electron chi connectivity index (χ1n) is 7.67. The number of nitrogens with two attached hydrogens (primary N) is 1. The fourth-order valence-corrected chi connectivity index (χ4v) is 2.48. The highest BCUT2D eigenvalue weighted by Gasteiger charge is 2.20. The monoisotopic (exact) mass is 277 g/mol. The van der Waals surface area contributed by atoms with Crippen LogP contribution in [0.5, 0.6) is 0 Å². The van der Waals surface area contributed by atoms with E-state index in [-0.39, 0.29) is 0 Å². The van der Waals surface area contributed by atoms with Crippen molar-refractivity contribution in [3.63, 3.8) is 0 Å². The number of nitrogens with one attached hydrogen (secondary N) is 1. The Morgan fingerprint density at radius 3 is 2.70 bits per heavy atom. The summed E-state index contributed by atoms with van der Waals surface area (Å²) in [5.74, 6) is 3.14. The Morgan fingerprint density at radius 1 is 1.35 bits per heavy atom. The summed E-state index contributed by atoms with van der Waals surface area (Å²) in [6.07, 6.45) is 5.14. The van der Waals surface area contributed by atoms with Gasteiger partial charge in [0.2, 0.25) is 0 Å². The summed E-state index contributed by atoms with van der Waals surface area (Å²) in [5, 5.41) is 3.33. The topological polar surface area (TPSA) is 67.1 Å². The second-order valence-electron chi connectivity index (χ2n) is 6.24. The van der Waals surface area contributed by atoms with Gasteiger partial charge in [0.05, 0.1) is 0 Å². The van der Waals surface area contributed by atoms with E-state index in [1.54, 1.807) is 6.33 Å². The number of hydrogen-bond donors (Lipinski definition) is 2. The second kappa shape index (κ2) is 6.77. The van der Waals surface area contributed by atoms with Crippen LogP contribution < -0.4 is 16.0 Å². The van der Waals surface area contributed by atoms with Crippen LogP contribution in [0.4, 0.5) is 17.3 Å². The lowest BCUT2D eigenvalue weighted by Gasteiger charge is -2.32. The maximum Gasteiger partial charge on any atom is 0.157 e. The molecule has 0 aromatic carbocycles. The third-order valence-corrected chi connectivity index (χ3v) is 3.96. The molecule has 0 saturated carbocycles. The average Bonchev–Trinajstić information content (AvgIpc) is 2.41. The molecule has 0 aliphatic carbocycles. The van der Waals surface area contributed by atoms with Gasteiger partial charge in [0, 0.05) is 19.6 Å². The van der Waals surface area contributed by atoms with Crippen molar-refractivity contribution in [2.24, 2.45) is 11.8 Å². The van der Waals surface area contributed by atoms with Gasteiger partial charge in [-0.1, -0.05) is 20.8 Å². The molecule has 1 aliphatic rings. The van der Waals surface area contributed by atoms with E-state index in [2.05, 4.69) is 41.0 Å². The fraction of sp³-hybridized carbons (Fsp3) is 0.733. The Hall–Kier alpha value is -1.52. The highest BCUT2D eigenvalue weighted by molar-refractivity contribution is 5.74. The predicted octanol–water partition coefficient (Wildman–Crippen LogP) is 2.75. The molecule has 20 heavy (non-hydrogen) atoms. The quantitative estimate of drug-likeness (QED) is 0.866. The number of piperidine rings is 1. The fourth-order valence-electron chi connectivity index (χ4n) is 2.48. The zero-order chi connectivity index (χ0) is 14.5. The van der Waals surface area contributed by atoms with E-state index in [1.165, 1.54) is 12.8 Å². The smallest absolute Gasteiger partial charge is 0.157 e. The number of nitrogens with zero attached hydrogens (tertiary/aromatic N) is 3. The van der Waals surface area contributed by atoms with Crippen LogP contribution in [0.15, 0.2) is 6.33 Å². The molecular weight excluding hydrogens is 250 g/mol. The number of rotatable bonds is 5. The Kier molecular flexibility index (Phi) is 5.04. The van der Waals surface area contributed by atoms with Crippen molar-refractivity contribution in [1.82, 2.24) is 9.97 Å². The minimum absolute atomic E-state index is 0.675. The molecule has 1 fully saturated rings. The van der Waals surface area contributed by atoms with Crippen LogP contribution >= 0.6 is 0 Å². The standard InChI is InChI=1S/C15H27N5/c1-11(2)4-7-17-14-13(16)15(19-10-18-14)20-8-5-12(3)6-9-20/h10-12H,4-9,16H2,1-3H3,(H,17,18,19). The molecule has 1 aromatic rings. The van der Waals surface area contributed by atoms with E-state index in [1.807, 2.05) is 0 Å². The first-order valence-corrected chi connectivity index (χ1v) is 7.67. The van der Waals surface area contributed by atoms with Crippen LogP contribution in [0.2, 0.25) is 0 Å². The van der Waals surface area contributed by atoms with Crippen LogP contribution in [-0.4, -0.2) is 29.6 Å². The zero-order valence-corrected chi connectivity index (χ0v) is 12.9. The van der Waals surface area contributed by atoms with Crippen molar-refractivity contribution in [2.75, 3.05) is 35.6 Å². The summed E-state index contributed by atoms with van der Waals surface area (Å²) in [6.45, 7) is 9.70. The number of nitrogen functional groups attached to an aromatic ring is 1. The van der Waals surface area contributed by atoms with Crippen LogP contribution in [0, 0.1) is 11.8 Å². The van der Waals surface area contributed by atoms with Crippen molar-refractivity contribution in [1.29, 1.82) is 0 Å². The van der Waals surface area contributed by atoms with Gasteiger partial charge >= 0.3 is 0 Å². The first kappa shape index (κ1) is 14.9. The molecule has 1 aliphatic heterocycles. The Balaban J connectivity index is 2.03. The van der Waals surface area contributed by atoms with E-state index in [4.69, 9.17) is 5.73 Å². The molecule has 0 radical (unpaired) electrons. The Labute approximate surface area is 122 Å². The third-order valence-electron chi connectivity index (χ3n) is 3.96. The maximum absolute atomic E-state index is 6.24. The first-order chi connectivity index (χ1) is 9.58. The molecule has 0 spiro atoms. The van der Waals surface area contributed by atoms with Crippen molar-refractivity contribution < 1.29 is 0 Å². The predicted molar refractivity (Wildman–Crippen MR) is 85.0 cm³/mol. The van der Waals surface area contributed by atoms with Gasteiger partial charge in [0.15, 0.2) is 11.6 Å². The van der Waals surface area contributed by atoms with Gasteiger partial charge in [0.1, 0.15) is 12.0 Å². The Bertz CT molecular complexity index is 424. The lowest BCUT2D eigenvalue weighted by molar-refractivity contribution is 0.437. The minimum Gasteiger partial charge on any atom is -0.393 e. The third kappa shape index (κ3) is 3.74. The highest BCUT2D eigenvalue weighted by Crippen LogP contribution is 2.29. The van der Waals surface area contributed by atoms with Crippen molar-refractivity contribution in [3.05, 3.63) is 6.33 Å². The van der Waals surface area contributed by atoms with Crippen LogP contribution in [-0.2, 0) is 0 Å². The molecule has 5 heteroatoms. The summed E-state index contributed by atoms with van der Waals surface area (Å²) >= 11 is 0. The lowest BCUT2D eigenvalue weighted by Crippen LogP contribution is -2.34. The van der Waals surface area contributed by atoms with Gasteiger partial charge in [-0.25, -0.2) is 9.97 Å². The van der Waals surface area contributed by atoms with Crippen LogP contribution in [0.3, 0.4) is 0 Å². The summed E-state index contributed by atoms with van der Waals surface area (Å²) in [4.78, 5) is 10.9. The number of hydrogen-bond acceptors (Lipinski definition) is 5. The van der Waals surface area contributed by atoms with E-state index in [0.29, 0.717) is 11.6 Å². The Morgan fingerprint density at radius 2 is 2.05 bits per heavy atom. The van der Waals surface area contributed by atoms with E-state index < -0.39 is 0 Å². The van der Waals surface area contributed by atoms with Crippen LogP contribution in [0.25, 0.3) is 0 Å². The molecule has 1 saturated heterocycles. The minimum atomic E-state index is 0.675. The molecule has 2 heterocycles. The van der Waals surface area contributed by atoms with E-state index in [0.717, 1.165) is 43.6 Å². The highest BCUT2D eigenvalue weighted by atomic mass is 15.2. The van der Waals surface area contributed by atoms with Crippen molar-refractivity contribution in [2.45, 2.75) is 40.0 Å². The molecule has 0 unspecified atom stereocenters. The van der Waals surface area contributed by atoms with Gasteiger partial charge in [-0.3, -0.25) is 0 Å². The van der Waals surface area contributed by atoms with Gasteiger partial charge in [0.25, 0.3) is 0 Å². The average molecular weight is 277 g/mol. The zero-order valence-electron chi connectivity index (χ0n) is 12.9. The number of aromatic nitrogens is 2. The summed E-state index contributed by atoms with van der Waals surface area (Å²) in [6, 6.07) is 0. The molecule has 5 nitrogen and oxygen atoms in total. The SMILES string of the molecule is CC(C)CCNc1ncnc(N2CCC(C)CC2)c1N. The van der Waals surface area contributed by atoms with Crippen LogP contribution in [0.1, 0.15) is 40.0 Å². The van der Waals surface area contributed by atoms with Gasteiger partial charge in [-0.2, -0.15) is 0 Å². The van der Waals surface area contributed by atoms with Crippen molar-refractivity contribution >= 4 is 17.3 Å². The van der Waals surface area contributed by atoms with Gasteiger partial charge in [-0.15, -0.1) is 0 Å². The summed E-state index contributed by atoms with van der Waals surface area (Å²) in [5.41, 5.74) is 6.92. The summed E-state index contributed by atoms with van der Waals surface area (Å²) in [7, 11) is 0. The maximum atomic E-state index is 6.24. The summed E-state index contributed by atoms with van der Waals surface area (Å²) < 4.78 is 0. The molecule has 2 rings (SSSR count). The van der Waals surface area contributed by atoms with Crippen molar-refractivity contribution in [3.8, 4) is 0 Å². The second-order valence-corrected chi connectivity index (χ2v) is 6.24. The molecule has 0 amide bonds. The van der Waals surface area contributed by atoms with E-state index in [9.17, 15) is 0 Å².